The second kappa shape index (κ2) is 4.11. The summed E-state index contributed by atoms with van der Waals surface area (Å²) in [7, 11) is 0. The summed E-state index contributed by atoms with van der Waals surface area (Å²) in [5.74, 6) is 0. The third-order valence-electron chi connectivity index (χ3n) is 1.31. The average molecular weight is 270 g/mol. The number of nitrogens with zero attached hydrogens (tertiary/aromatic N) is 1. The molecule has 6 heteroatoms. The fraction of sp³-hybridized carbons (Fsp3) is 0.143. The molecule has 0 N–H and O–H groups in total. The molecule has 0 saturated heterocycles. The van der Waals surface area contributed by atoms with Crippen LogP contribution in [0.15, 0.2) is 16.7 Å². The van der Waals surface area contributed by atoms with E-state index in [1.54, 1.807) is 0 Å². The van der Waals surface area contributed by atoms with Crippen LogP contribution < -0.4 is 0 Å². The lowest BCUT2D eigenvalue weighted by atomic mass is 10.2. The van der Waals surface area contributed by atoms with Gasteiger partial charge >= 0.3 is 0 Å². The molecule has 0 aliphatic rings. The van der Waals surface area contributed by atoms with E-state index in [1.807, 2.05) is 0 Å². The fourth-order valence-corrected chi connectivity index (χ4v) is 1.29. The number of carbonyl (C=O) groups is 1. The van der Waals surface area contributed by atoms with Crippen molar-refractivity contribution in [2.75, 3.05) is 0 Å². The molecular weight excluding hydrogens is 267 g/mol. The minimum Gasteiger partial charge on any atom is -0.274 e. The molecule has 2 nitrogen and oxygen atoms in total. The zero-order valence-electron chi connectivity index (χ0n) is 6.10. The maximum absolute atomic E-state index is 12.3. The van der Waals surface area contributed by atoms with Crippen LogP contribution in [0.25, 0.3) is 0 Å². The molecule has 0 aliphatic heterocycles. The minimum absolute atomic E-state index is 0.379. The summed E-state index contributed by atoms with van der Waals surface area (Å²) < 4.78 is 25.0. The van der Waals surface area contributed by atoms with Gasteiger partial charge in [-0.3, -0.25) is 9.78 Å². The van der Waals surface area contributed by atoms with Gasteiger partial charge in [-0.25, -0.2) is 8.78 Å². The molecule has 0 amide bonds. The van der Waals surface area contributed by atoms with Crippen LogP contribution in [-0.2, 0) is 0 Å². The van der Waals surface area contributed by atoms with Gasteiger partial charge in [-0.1, -0.05) is 0 Å². The number of pyridine rings is 1. The lowest BCUT2D eigenvalue weighted by molar-refractivity contribution is 0.106. The van der Waals surface area contributed by atoms with E-state index in [0.717, 1.165) is 6.07 Å². The maximum Gasteiger partial charge on any atom is 0.271 e. The average Bonchev–Trinajstić information content (AvgIpc) is 2.03. The summed E-state index contributed by atoms with van der Waals surface area (Å²) in [6.07, 6.45) is -1.52. The first-order chi connectivity index (χ1) is 6.02. The molecule has 0 aliphatic carbocycles. The van der Waals surface area contributed by atoms with E-state index in [4.69, 9.17) is 11.6 Å². The second-order valence-electron chi connectivity index (χ2n) is 2.17. The van der Waals surface area contributed by atoms with E-state index in [2.05, 4.69) is 20.9 Å². The Morgan fingerprint density at radius 1 is 1.62 bits per heavy atom. The van der Waals surface area contributed by atoms with Gasteiger partial charge in [0.1, 0.15) is 5.69 Å². The first-order valence-electron chi connectivity index (χ1n) is 3.16. The number of carbonyl (C=O) groups excluding carboxylic acids is 1. The first-order valence-corrected chi connectivity index (χ1v) is 4.33. The standard InChI is InChI=1S/C7H3BrClF2NO/c8-3-1-4(7(10)11)5(6(9)13)12-2-3/h1-2,7H. The zero-order chi connectivity index (χ0) is 10.0. The van der Waals surface area contributed by atoms with E-state index in [0.29, 0.717) is 4.47 Å². The normalized spacial score (nSPS) is 10.5. The van der Waals surface area contributed by atoms with E-state index < -0.39 is 22.9 Å². The Bertz CT molecular complexity index is 345. The first kappa shape index (κ1) is 10.5. The molecule has 1 aromatic rings. The predicted octanol–water partition coefficient (Wildman–Crippen LogP) is 3.16. The molecule has 0 bridgehead atoms. The smallest absolute Gasteiger partial charge is 0.271 e. The molecule has 0 spiro atoms. The van der Waals surface area contributed by atoms with Crippen molar-refractivity contribution in [1.82, 2.24) is 4.98 Å². The fourth-order valence-electron chi connectivity index (χ4n) is 0.786. The molecule has 0 radical (unpaired) electrons. The number of halogens is 4. The van der Waals surface area contributed by atoms with Crippen molar-refractivity contribution in [2.45, 2.75) is 6.43 Å². The van der Waals surface area contributed by atoms with Crippen LogP contribution in [0.5, 0.6) is 0 Å². The number of aromatic nitrogens is 1. The van der Waals surface area contributed by atoms with Crippen molar-refractivity contribution in [3.8, 4) is 0 Å². The minimum atomic E-state index is -2.76. The summed E-state index contributed by atoms with van der Waals surface area (Å²) in [6, 6.07) is 1.12. The summed E-state index contributed by atoms with van der Waals surface area (Å²) in [5.41, 5.74) is -0.866. The molecule has 1 rings (SSSR count). The third-order valence-corrected chi connectivity index (χ3v) is 1.92. The molecule has 1 heterocycles. The van der Waals surface area contributed by atoms with E-state index in [-0.39, 0.29) is 0 Å². The van der Waals surface area contributed by atoms with Crippen LogP contribution in [0, 0.1) is 0 Å². The van der Waals surface area contributed by atoms with E-state index in [1.165, 1.54) is 6.20 Å². The molecular formula is C7H3BrClF2NO. The number of alkyl halides is 2. The van der Waals surface area contributed by atoms with Gasteiger partial charge in [0, 0.05) is 16.2 Å². The highest BCUT2D eigenvalue weighted by atomic mass is 79.9. The van der Waals surface area contributed by atoms with Crippen molar-refractivity contribution in [1.29, 1.82) is 0 Å². The molecule has 0 fully saturated rings. The van der Waals surface area contributed by atoms with Crippen LogP contribution >= 0.6 is 27.5 Å². The Hall–Kier alpha value is -0.550. The monoisotopic (exact) mass is 269 g/mol. The van der Waals surface area contributed by atoms with Crippen molar-refractivity contribution in [3.63, 3.8) is 0 Å². The van der Waals surface area contributed by atoms with Crippen LogP contribution in [0.1, 0.15) is 22.5 Å². The Morgan fingerprint density at radius 2 is 2.23 bits per heavy atom. The largest absolute Gasteiger partial charge is 0.274 e. The maximum atomic E-state index is 12.3. The highest BCUT2D eigenvalue weighted by molar-refractivity contribution is 9.10. The molecule has 0 aromatic carbocycles. The molecule has 70 valence electrons. The summed E-state index contributed by atoms with van der Waals surface area (Å²) in [5, 5.41) is -0.984. The lowest BCUT2D eigenvalue weighted by Gasteiger charge is -2.03. The number of rotatable bonds is 2. The quantitative estimate of drug-likeness (QED) is 0.773. The van der Waals surface area contributed by atoms with Crippen molar-refractivity contribution in [2.24, 2.45) is 0 Å². The zero-order valence-corrected chi connectivity index (χ0v) is 8.44. The Kier molecular flexibility index (Phi) is 3.33. The summed E-state index contributed by atoms with van der Waals surface area (Å²) in [6.45, 7) is 0. The van der Waals surface area contributed by atoms with Crippen molar-refractivity contribution < 1.29 is 13.6 Å². The van der Waals surface area contributed by atoms with Gasteiger partial charge in [-0.15, -0.1) is 0 Å². The van der Waals surface area contributed by atoms with Gasteiger partial charge in [0.05, 0.1) is 0 Å². The van der Waals surface area contributed by atoms with Crippen LogP contribution in [-0.4, -0.2) is 10.2 Å². The van der Waals surface area contributed by atoms with E-state index in [9.17, 15) is 13.6 Å². The topological polar surface area (TPSA) is 30.0 Å². The van der Waals surface area contributed by atoms with Crippen molar-refractivity contribution >= 4 is 32.8 Å². The summed E-state index contributed by atoms with van der Waals surface area (Å²) in [4.78, 5) is 14.1. The molecule has 13 heavy (non-hydrogen) atoms. The highest BCUT2D eigenvalue weighted by Gasteiger charge is 2.18. The van der Waals surface area contributed by atoms with Gasteiger partial charge in [-0.05, 0) is 33.6 Å². The molecule has 0 unspecified atom stereocenters. The van der Waals surface area contributed by atoms with Crippen LogP contribution in [0.3, 0.4) is 0 Å². The van der Waals surface area contributed by atoms with Crippen molar-refractivity contribution in [3.05, 3.63) is 28.0 Å². The highest BCUT2D eigenvalue weighted by Crippen LogP contribution is 2.25. The van der Waals surface area contributed by atoms with Gasteiger partial charge in [0.25, 0.3) is 11.7 Å². The van der Waals surface area contributed by atoms with E-state index >= 15 is 0 Å². The van der Waals surface area contributed by atoms with Crippen LogP contribution in [0.2, 0.25) is 0 Å². The SMILES string of the molecule is O=C(Cl)c1ncc(Br)cc1C(F)F. The Labute approximate surface area is 86.0 Å². The summed E-state index contributed by atoms with van der Waals surface area (Å²) >= 11 is 8.02. The lowest BCUT2D eigenvalue weighted by Crippen LogP contribution is -2.01. The van der Waals surface area contributed by atoms with Gasteiger partial charge in [0.2, 0.25) is 0 Å². The molecule has 0 atom stereocenters. The molecule has 1 aromatic heterocycles. The molecule has 0 saturated carbocycles. The van der Waals surface area contributed by atoms with Gasteiger partial charge < -0.3 is 0 Å². The number of hydrogen-bond acceptors (Lipinski definition) is 2. The number of hydrogen-bond donors (Lipinski definition) is 0. The Balaban J connectivity index is 3.26. The van der Waals surface area contributed by atoms with Crippen LogP contribution in [0.4, 0.5) is 8.78 Å². The Morgan fingerprint density at radius 3 is 2.69 bits per heavy atom. The van der Waals surface area contributed by atoms with Gasteiger partial charge in [0.15, 0.2) is 0 Å². The predicted molar refractivity (Wildman–Crippen MR) is 47.1 cm³/mol. The van der Waals surface area contributed by atoms with Gasteiger partial charge in [-0.2, -0.15) is 0 Å². The second-order valence-corrected chi connectivity index (χ2v) is 3.42. The third kappa shape index (κ3) is 2.45.